The van der Waals surface area contributed by atoms with Crippen molar-refractivity contribution in [2.75, 3.05) is 20.3 Å². The number of oxazole rings is 1. The highest BCUT2D eigenvalue weighted by Crippen LogP contribution is 2.24. The summed E-state index contributed by atoms with van der Waals surface area (Å²) in [6.07, 6.45) is 3.23. The van der Waals surface area contributed by atoms with Gasteiger partial charge in [0.1, 0.15) is 5.76 Å². The van der Waals surface area contributed by atoms with Gasteiger partial charge in [0.25, 0.3) is 0 Å². The number of ether oxygens (including phenoxy) is 1. The molecule has 2 rings (SSSR count). The Labute approximate surface area is 131 Å². The molecule has 1 aliphatic rings. The van der Waals surface area contributed by atoms with Crippen LogP contribution in [0.3, 0.4) is 0 Å². The number of aryl methyl sites for hydroxylation is 1. The lowest BCUT2D eigenvalue weighted by Crippen LogP contribution is -2.38. The van der Waals surface area contributed by atoms with Crippen LogP contribution in [-0.4, -0.2) is 53.3 Å². The summed E-state index contributed by atoms with van der Waals surface area (Å²) in [6, 6.07) is -0.146. The van der Waals surface area contributed by atoms with Crippen LogP contribution >= 0.6 is 0 Å². The molecule has 0 saturated carbocycles. The summed E-state index contributed by atoms with van der Waals surface area (Å²) in [5.74, 6) is 1.42. The second-order valence-corrected chi connectivity index (χ2v) is 6.84. The standard InChI is InChI=1S/C16H26N2O4/c1-16(2,3)13-8-17-14(22-13)5-6-15(20)18-9-12(21-4)7-11(18)10-19/h8,11-12,19H,5-7,9-10H2,1-4H3/t11-,12+/m0/s1. The monoisotopic (exact) mass is 310 g/mol. The van der Waals surface area contributed by atoms with Crippen molar-refractivity contribution in [3.05, 3.63) is 17.8 Å². The van der Waals surface area contributed by atoms with Crippen LogP contribution in [0.25, 0.3) is 0 Å². The normalized spacial score (nSPS) is 22.3. The van der Waals surface area contributed by atoms with Crippen molar-refractivity contribution in [1.82, 2.24) is 9.88 Å². The number of hydrogen-bond acceptors (Lipinski definition) is 5. The van der Waals surface area contributed by atoms with E-state index < -0.39 is 0 Å². The third-order valence-electron chi connectivity index (χ3n) is 4.09. The number of aromatic nitrogens is 1. The molecule has 0 unspecified atom stereocenters. The molecule has 1 aromatic rings. The molecule has 1 N–H and O–H groups in total. The maximum absolute atomic E-state index is 12.3. The van der Waals surface area contributed by atoms with Gasteiger partial charge in [0.05, 0.1) is 24.9 Å². The van der Waals surface area contributed by atoms with Crippen LogP contribution in [0.2, 0.25) is 0 Å². The van der Waals surface area contributed by atoms with E-state index in [-0.39, 0.29) is 30.1 Å². The molecule has 6 heteroatoms. The van der Waals surface area contributed by atoms with Crippen molar-refractivity contribution in [2.24, 2.45) is 0 Å². The Kier molecular flexibility index (Phi) is 5.24. The highest BCUT2D eigenvalue weighted by Gasteiger charge is 2.34. The average molecular weight is 310 g/mol. The Morgan fingerprint density at radius 2 is 2.27 bits per heavy atom. The van der Waals surface area contributed by atoms with Crippen molar-refractivity contribution in [2.45, 2.75) is 57.6 Å². The first-order valence-corrected chi connectivity index (χ1v) is 7.73. The van der Waals surface area contributed by atoms with Crippen LogP contribution in [0.4, 0.5) is 0 Å². The van der Waals surface area contributed by atoms with Gasteiger partial charge >= 0.3 is 0 Å². The SMILES string of the molecule is CO[C@@H]1C[C@@H](CO)N(C(=O)CCc2ncc(C(C)(C)C)o2)C1. The van der Waals surface area contributed by atoms with Crippen molar-refractivity contribution in [3.8, 4) is 0 Å². The predicted octanol–water partition coefficient (Wildman–Crippen LogP) is 1.51. The minimum absolute atomic E-state index is 0.00843. The van der Waals surface area contributed by atoms with Crippen molar-refractivity contribution >= 4 is 5.91 Å². The van der Waals surface area contributed by atoms with Gasteiger partial charge in [-0.1, -0.05) is 20.8 Å². The average Bonchev–Trinajstić information content (AvgIpc) is 3.10. The van der Waals surface area contributed by atoms with E-state index in [1.54, 1.807) is 18.2 Å². The van der Waals surface area contributed by atoms with Crippen LogP contribution in [0.15, 0.2) is 10.6 Å². The number of likely N-dealkylation sites (tertiary alicyclic amines) is 1. The fourth-order valence-electron chi connectivity index (χ4n) is 2.65. The molecule has 0 aliphatic carbocycles. The Hall–Kier alpha value is -1.40. The summed E-state index contributed by atoms with van der Waals surface area (Å²) in [6.45, 7) is 6.69. The molecule has 1 saturated heterocycles. The maximum Gasteiger partial charge on any atom is 0.223 e. The number of amides is 1. The van der Waals surface area contributed by atoms with Gasteiger partial charge in [-0.05, 0) is 6.42 Å². The largest absolute Gasteiger partial charge is 0.445 e. The summed E-state index contributed by atoms with van der Waals surface area (Å²) >= 11 is 0. The zero-order valence-corrected chi connectivity index (χ0v) is 13.8. The molecular formula is C16H26N2O4. The molecule has 1 amide bonds. The van der Waals surface area contributed by atoms with Gasteiger partial charge < -0.3 is 19.2 Å². The van der Waals surface area contributed by atoms with Crippen molar-refractivity contribution in [1.29, 1.82) is 0 Å². The second kappa shape index (κ2) is 6.79. The summed E-state index contributed by atoms with van der Waals surface area (Å²) in [5.41, 5.74) is -0.0854. The molecule has 0 aromatic carbocycles. The second-order valence-electron chi connectivity index (χ2n) is 6.84. The first-order chi connectivity index (χ1) is 10.3. The van der Waals surface area contributed by atoms with E-state index in [1.165, 1.54) is 0 Å². The lowest BCUT2D eigenvalue weighted by Gasteiger charge is -2.22. The van der Waals surface area contributed by atoms with E-state index in [0.717, 1.165) is 5.76 Å². The maximum atomic E-state index is 12.3. The number of carbonyl (C=O) groups excluding carboxylic acids is 1. The van der Waals surface area contributed by atoms with Gasteiger partial charge in [-0.3, -0.25) is 4.79 Å². The quantitative estimate of drug-likeness (QED) is 0.892. The third kappa shape index (κ3) is 3.87. The number of aliphatic hydroxyl groups excluding tert-OH is 1. The molecule has 0 spiro atoms. The molecule has 1 aliphatic heterocycles. The first-order valence-electron chi connectivity index (χ1n) is 7.73. The molecule has 0 bridgehead atoms. The summed E-state index contributed by atoms with van der Waals surface area (Å²) in [7, 11) is 1.63. The van der Waals surface area contributed by atoms with Gasteiger partial charge in [-0.25, -0.2) is 4.98 Å². The molecular weight excluding hydrogens is 284 g/mol. The molecule has 2 heterocycles. The number of aliphatic hydroxyl groups is 1. The highest BCUT2D eigenvalue weighted by atomic mass is 16.5. The van der Waals surface area contributed by atoms with E-state index >= 15 is 0 Å². The van der Waals surface area contributed by atoms with Gasteiger partial charge in [0, 0.05) is 31.9 Å². The first kappa shape index (κ1) is 17.0. The van der Waals surface area contributed by atoms with E-state index in [2.05, 4.69) is 25.8 Å². The number of hydrogen-bond donors (Lipinski definition) is 1. The summed E-state index contributed by atoms with van der Waals surface area (Å²) in [4.78, 5) is 18.3. The number of methoxy groups -OCH3 is 1. The Morgan fingerprint density at radius 1 is 1.55 bits per heavy atom. The van der Waals surface area contributed by atoms with E-state index in [1.807, 2.05) is 0 Å². The van der Waals surface area contributed by atoms with Crippen LogP contribution in [0.1, 0.15) is 45.3 Å². The van der Waals surface area contributed by atoms with E-state index in [9.17, 15) is 9.90 Å². The molecule has 124 valence electrons. The molecule has 1 fully saturated rings. The number of carbonyl (C=O) groups is 1. The fraction of sp³-hybridized carbons (Fsp3) is 0.750. The van der Waals surface area contributed by atoms with Crippen LogP contribution in [0, 0.1) is 0 Å². The third-order valence-corrected chi connectivity index (χ3v) is 4.09. The number of nitrogens with zero attached hydrogens (tertiary/aromatic N) is 2. The fourth-order valence-corrected chi connectivity index (χ4v) is 2.65. The molecule has 1 aromatic heterocycles. The van der Waals surface area contributed by atoms with Crippen molar-refractivity contribution in [3.63, 3.8) is 0 Å². The van der Waals surface area contributed by atoms with Gasteiger partial charge in [-0.15, -0.1) is 0 Å². The highest BCUT2D eigenvalue weighted by molar-refractivity contribution is 5.77. The zero-order chi connectivity index (χ0) is 16.3. The minimum atomic E-state index is -0.146. The Morgan fingerprint density at radius 3 is 2.82 bits per heavy atom. The molecule has 22 heavy (non-hydrogen) atoms. The van der Waals surface area contributed by atoms with Crippen molar-refractivity contribution < 1.29 is 19.1 Å². The van der Waals surface area contributed by atoms with Gasteiger partial charge in [-0.2, -0.15) is 0 Å². The van der Waals surface area contributed by atoms with E-state index in [0.29, 0.717) is 31.7 Å². The Balaban J connectivity index is 1.91. The Bertz CT molecular complexity index is 506. The smallest absolute Gasteiger partial charge is 0.223 e. The summed E-state index contributed by atoms with van der Waals surface area (Å²) in [5, 5.41) is 9.40. The molecule has 6 nitrogen and oxygen atoms in total. The minimum Gasteiger partial charge on any atom is -0.445 e. The van der Waals surface area contributed by atoms with Crippen LogP contribution < -0.4 is 0 Å². The van der Waals surface area contributed by atoms with E-state index in [4.69, 9.17) is 9.15 Å². The van der Waals surface area contributed by atoms with Crippen LogP contribution in [0.5, 0.6) is 0 Å². The predicted molar refractivity (Wildman–Crippen MR) is 81.5 cm³/mol. The number of rotatable bonds is 5. The zero-order valence-electron chi connectivity index (χ0n) is 13.8. The lowest BCUT2D eigenvalue weighted by atomic mass is 9.94. The topological polar surface area (TPSA) is 75.8 Å². The molecule has 0 radical (unpaired) electrons. The van der Waals surface area contributed by atoms with Crippen LogP contribution in [-0.2, 0) is 21.4 Å². The van der Waals surface area contributed by atoms with Gasteiger partial charge in [0.15, 0.2) is 5.89 Å². The lowest BCUT2D eigenvalue weighted by molar-refractivity contribution is -0.133. The molecule has 2 atom stereocenters. The van der Waals surface area contributed by atoms with Gasteiger partial charge in [0.2, 0.25) is 5.91 Å². The summed E-state index contributed by atoms with van der Waals surface area (Å²) < 4.78 is 11.0.